The summed E-state index contributed by atoms with van der Waals surface area (Å²) in [6.07, 6.45) is 3.04. The molecule has 1 saturated heterocycles. The number of amides is 1. The molecule has 3 rings (SSSR count). The third-order valence-electron chi connectivity index (χ3n) is 3.82. The fourth-order valence-electron chi connectivity index (χ4n) is 2.58. The molecular formula is C17H17N3O2. The van der Waals surface area contributed by atoms with Crippen LogP contribution >= 0.6 is 0 Å². The normalized spacial score (nSPS) is 14.7. The molecule has 2 aromatic rings. The number of aromatic nitrogens is 1. The van der Waals surface area contributed by atoms with Crippen molar-refractivity contribution in [3.8, 4) is 0 Å². The predicted octanol–water partition coefficient (Wildman–Crippen LogP) is 1.61. The summed E-state index contributed by atoms with van der Waals surface area (Å²) in [5.41, 5.74) is 1.54. The minimum absolute atomic E-state index is 0.394. The van der Waals surface area contributed by atoms with Gasteiger partial charge in [-0.3, -0.25) is 14.6 Å². The van der Waals surface area contributed by atoms with Crippen molar-refractivity contribution >= 4 is 17.4 Å². The number of benzene rings is 1. The van der Waals surface area contributed by atoms with Crippen LogP contribution in [0.5, 0.6) is 0 Å². The summed E-state index contributed by atoms with van der Waals surface area (Å²) in [7, 11) is 0. The molecule has 5 nitrogen and oxygen atoms in total. The number of piperazine rings is 1. The van der Waals surface area contributed by atoms with Crippen LogP contribution in [0.2, 0.25) is 0 Å². The van der Waals surface area contributed by atoms with E-state index in [2.05, 4.69) is 22.0 Å². The maximum Gasteiger partial charge on any atom is 0.295 e. The molecule has 0 bridgehead atoms. The summed E-state index contributed by atoms with van der Waals surface area (Å²) in [4.78, 5) is 32.2. The first kappa shape index (κ1) is 14.3. The molecule has 112 valence electrons. The van der Waals surface area contributed by atoms with Gasteiger partial charge in [0.25, 0.3) is 5.91 Å². The second-order valence-corrected chi connectivity index (χ2v) is 5.18. The van der Waals surface area contributed by atoms with E-state index in [1.54, 1.807) is 17.0 Å². The first-order chi connectivity index (χ1) is 10.8. The molecule has 1 amide bonds. The molecule has 0 atom stereocenters. The van der Waals surface area contributed by atoms with Crippen molar-refractivity contribution in [2.24, 2.45) is 0 Å². The van der Waals surface area contributed by atoms with Gasteiger partial charge in [0.15, 0.2) is 0 Å². The number of ketones is 1. The Hall–Kier alpha value is -2.69. The van der Waals surface area contributed by atoms with Crippen molar-refractivity contribution in [2.75, 3.05) is 31.1 Å². The molecule has 0 aliphatic carbocycles. The third-order valence-corrected chi connectivity index (χ3v) is 3.82. The lowest BCUT2D eigenvalue weighted by Gasteiger charge is -2.35. The zero-order valence-electron chi connectivity index (χ0n) is 12.2. The largest absolute Gasteiger partial charge is 0.368 e. The van der Waals surface area contributed by atoms with Gasteiger partial charge in [0.2, 0.25) is 5.78 Å². The number of hydrogen-bond acceptors (Lipinski definition) is 4. The van der Waals surface area contributed by atoms with Crippen LogP contribution in [0.4, 0.5) is 5.69 Å². The van der Waals surface area contributed by atoms with Gasteiger partial charge in [0.05, 0.1) is 0 Å². The molecule has 0 spiro atoms. The van der Waals surface area contributed by atoms with Crippen LogP contribution in [0.25, 0.3) is 0 Å². The van der Waals surface area contributed by atoms with Crippen LogP contribution < -0.4 is 4.90 Å². The number of rotatable bonds is 3. The molecule has 1 aromatic carbocycles. The number of hydrogen-bond donors (Lipinski definition) is 0. The van der Waals surface area contributed by atoms with E-state index in [1.807, 2.05) is 18.2 Å². The van der Waals surface area contributed by atoms with E-state index < -0.39 is 11.7 Å². The van der Waals surface area contributed by atoms with Gasteiger partial charge in [-0.2, -0.15) is 0 Å². The monoisotopic (exact) mass is 295 g/mol. The van der Waals surface area contributed by atoms with Crippen molar-refractivity contribution in [1.82, 2.24) is 9.88 Å². The summed E-state index contributed by atoms with van der Waals surface area (Å²) in [5.74, 6) is -0.894. The Labute approximate surface area is 129 Å². The molecule has 2 heterocycles. The number of pyridine rings is 1. The fraction of sp³-hybridized carbons (Fsp3) is 0.235. The van der Waals surface area contributed by atoms with Crippen LogP contribution in [0.15, 0.2) is 54.9 Å². The quantitative estimate of drug-likeness (QED) is 0.638. The van der Waals surface area contributed by atoms with Crippen molar-refractivity contribution in [1.29, 1.82) is 0 Å². The fourth-order valence-corrected chi connectivity index (χ4v) is 2.58. The third kappa shape index (κ3) is 2.98. The standard InChI is InChI=1S/C17H17N3O2/c21-16(14-6-8-18-9-7-14)17(22)20-12-10-19(11-13-20)15-4-2-1-3-5-15/h1-9H,10-13H2. The Balaban J connectivity index is 1.62. The van der Waals surface area contributed by atoms with E-state index in [-0.39, 0.29) is 0 Å². The number of carbonyl (C=O) groups is 2. The first-order valence-electron chi connectivity index (χ1n) is 7.29. The minimum atomic E-state index is -0.462. The first-order valence-corrected chi connectivity index (χ1v) is 7.29. The lowest BCUT2D eigenvalue weighted by Crippen LogP contribution is -2.50. The van der Waals surface area contributed by atoms with Gasteiger partial charge >= 0.3 is 0 Å². The van der Waals surface area contributed by atoms with Crippen LogP contribution in [-0.2, 0) is 4.79 Å². The van der Waals surface area contributed by atoms with Gasteiger partial charge in [0, 0.05) is 49.8 Å². The van der Waals surface area contributed by atoms with E-state index in [0.717, 1.165) is 18.8 Å². The summed E-state index contributed by atoms with van der Waals surface area (Å²) in [6.45, 7) is 2.59. The predicted molar refractivity (Wildman–Crippen MR) is 83.8 cm³/mol. The second kappa shape index (κ2) is 6.39. The van der Waals surface area contributed by atoms with E-state index in [0.29, 0.717) is 18.7 Å². The van der Waals surface area contributed by atoms with Crippen LogP contribution in [0.3, 0.4) is 0 Å². The number of carbonyl (C=O) groups excluding carboxylic acids is 2. The Morgan fingerprint density at radius 3 is 2.14 bits per heavy atom. The highest BCUT2D eigenvalue weighted by Gasteiger charge is 2.26. The molecule has 1 aliphatic heterocycles. The highest BCUT2D eigenvalue weighted by atomic mass is 16.2. The van der Waals surface area contributed by atoms with E-state index in [1.165, 1.54) is 12.4 Å². The Morgan fingerprint density at radius 2 is 1.50 bits per heavy atom. The molecule has 1 aromatic heterocycles. The summed E-state index contributed by atoms with van der Waals surface area (Å²) >= 11 is 0. The highest BCUT2D eigenvalue weighted by Crippen LogP contribution is 2.16. The SMILES string of the molecule is O=C(C(=O)N1CCN(c2ccccc2)CC1)c1ccncc1. The number of nitrogens with zero attached hydrogens (tertiary/aromatic N) is 3. The Morgan fingerprint density at radius 1 is 0.864 bits per heavy atom. The topological polar surface area (TPSA) is 53.5 Å². The second-order valence-electron chi connectivity index (χ2n) is 5.18. The smallest absolute Gasteiger partial charge is 0.295 e. The Bertz CT molecular complexity index is 650. The average Bonchev–Trinajstić information content (AvgIpc) is 2.62. The molecule has 0 N–H and O–H groups in total. The molecule has 1 fully saturated rings. The van der Waals surface area contributed by atoms with Gasteiger partial charge in [-0.1, -0.05) is 18.2 Å². The van der Waals surface area contributed by atoms with Crippen LogP contribution in [0, 0.1) is 0 Å². The summed E-state index contributed by atoms with van der Waals surface area (Å²) in [5, 5.41) is 0. The van der Waals surface area contributed by atoms with Crippen LogP contribution in [0.1, 0.15) is 10.4 Å². The Kier molecular flexibility index (Phi) is 4.14. The van der Waals surface area contributed by atoms with Crippen molar-refractivity contribution in [3.05, 3.63) is 60.4 Å². The number of Topliss-reactive ketones (excluding diaryl/α,β-unsaturated/α-hetero) is 1. The summed E-state index contributed by atoms with van der Waals surface area (Å²) in [6, 6.07) is 13.2. The maximum absolute atomic E-state index is 12.3. The van der Waals surface area contributed by atoms with E-state index in [4.69, 9.17) is 0 Å². The summed E-state index contributed by atoms with van der Waals surface area (Å²) < 4.78 is 0. The molecule has 0 saturated carbocycles. The number of para-hydroxylation sites is 1. The van der Waals surface area contributed by atoms with Crippen molar-refractivity contribution in [3.63, 3.8) is 0 Å². The minimum Gasteiger partial charge on any atom is -0.368 e. The lowest BCUT2D eigenvalue weighted by atomic mass is 10.1. The van der Waals surface area contributed by atoms with Gasteiger partial charge in [0.1, 0.15) is 0 Å². The van der Waals surface area contributed by atoms with Crippen LogP contribution in [-0.4, -0.2) is 47.8 Å². The van der Waals surface area contributed by atoms with E-state index >= 15 is 0 Å². The molecule has 5 heteroatoms. The zero-order valence-corrected chi connectivity index (χ0v) is 12.2. The van der Waals surface area contributed by atoms with Gasteiger partial charge in [-0.05, 0) is 24.3 Å². The van der Waals surface area contributed by atoms with Gasteiger partial charge < -0.3 is 9.80 Å². The molecular weight excluding hydrogens is 278 g/mol. The van der Waals surface area contributed by atoms with Crippen molar-refractivity contribution in [2.45, 2.75) is 0 Å². The van der Waals surface area contributed by atoms with Gasteiger partial charge in [-0.25, -0.2) is 0 Å². The van der Waals surface area contributed by atoms with E-state index in [9.17, 15) is 9.59 Å². The highest BCUT2D eigenvalue weighted by molar-refractivity contribution is 6.42. The molecule has 0 radical (unpaired) electrons. The van der Waals surface area contributed by atoms with Crippen molar-refractivity contribution < 1.29 is 9.59 Å². The molecule has 22 heavy (non-hydrogen) atoms. The molecule has 1 aliphatic rings. The zero-order chi connectivity index (χ0) is 15.4. The molecule has 0 unspecified atom stereocenters. The average molecular weight is 295 g/mol. The maximum atomic E-state index is 12.3. The van der Waals surface area contributed by atoms with Gasteiger partial charge in [-0.15, -0.1) is 0 Å². The number of anilines is 1. The lowest BCUT2D eigenvalue weighted by molar-refractivity contribution is -0.126.